The third-order valence-electron chi connectivity index (χ3n) is 2.75. The number of rotatable bonds is 4. The van der Waals surface area contributed by atoms with E-state index in [2.05, 4.69) is 10.2 Å². The van der Waals surface area contributed by atoms with Crippen LogP contribution in [-0.2, 0) is 6.61 Å². The van der Waals surface area contributed by atoms with Gasteiger partial charge in [0.25, 0.3) is 11.8 Å². The predicted molar refractivity (Wildman–Crippen MR) is 70.4 cm³/mol. The molecular weight excluding hydrogens is 278 g/mol. The fraction of sp³-hybridized carbons (Fsp3) is 0.0667. The zero-order valence-corrected chi connectivity index (χ0v) is 10.8. The number of benzene rings is 2. The molecule has 3 aromatic rings. The molecule has 1 heterocycles. The summed E-state index contributed by atoms with van der Waals surface area (Å²) in [5.74, 6) is -0.0143. The molecule has 0 spiro atoms. The molecule has 0 aliphatic carbocycles. The second-order valence-corrected chi connectivity index (χ2v) is 4.22. The molecule has 0 saturated carbocycles. The molecule has 1 aromatic heterocycles. The van der Waals surface area contributed by atoms with Gasteiger partial charge in [0.05, 0.1) is 5.56 Å². The van der Waals surface area contributed by atoms with Crippen molar-refractivity contribution in [2.24, 2.45) is 0 Å². The Morgan fingerprint density at radius 2 is 1.71 bits per heavy atom. The van der Waals surface area contributed by atoms with Crippen molar-refractivity contribution >= 4 is 0 Å². The largest absolute Gasteiger partial charge is 0.484 e. The second-order valence-electron chi connectivity index (χ2n) is 4.22. The highest BCUT2D eigenvalue weighted by molar-refractivity contribution is 5.53. The van der Waals surface area contributed by atoms with E-state index < -0.39 is 5.82 Å². The van der Waals surface area contributed by atoms with Crippen LogP contribution in [0.4, 0.5) is 8.78 Å². The highest BCUT2D eigenvalue weighted by Gasteiger charge is 2.12. The number of hydrogen-bond acceptors (Lipinski definition) is 4. The number of halogens is 2. The molecule has 3 rings (SSSR count). The van der Waals surface area contributed by atoms with Crippen LogP contribution in [0.2, 0.25) is 0 Å². The van der Waals surface area contributed by atoms with E-state index in [9.17, 15) is 8.78 Å². The van der Waals surface area contributed by atoms with E-state index >= 15 is 0 Å². The summed E-state index contributed by atoms with van der Waals surface area (Å²) in [6.07, 6.45) is 0. The molecule has 0 N–H and O–H groups in total. The lowest BCUT2D eigenvalue weighted by Crippen LogP contribution is -1.95. The SMILES string of the molecule is Fc1ccc(OCc2nnc(-c3ccccc3F)o2)cc1. The third-order valence-corrected chi connectivity index (χ3v) is 2.75. The monoisotopic (exact) mass is 288 g/mol. The Morgan fingerprint density at radius 3 is 2.48 bits per heavy atom. The van der Waals surface area contributed by atoms with Gasteiger partial charge in [0.2, 0.25) is 0 Å². The molecule has 0 aliphatic heterocycles. The molecule has 106 valence electrons. The zero-order valence-electron chi connectivity index (χ0n) is 10.8. The molecule has 4 nitrogen and oxygen atoms in total. The van der Waals surface area contributed by atoms with Gasteiger partial charge in [0.1, 0.15) is 17.4 Å². The highest BCUT2D eigenvalue weighted by Crippen LogP contribution is 2.21. The summed E-state index contributed by atoms with van der Waals surface area (Å²) in [6, 6.07) is 11.7. The predicted octanol–water partition coefficient (Wildman–Crippen LogP) is 3.59. The number of nitrogens with zero attached hydrogens (tertiary/aromatic N) is 2. The Labute approximate surface area is 119 Å². The van der Waals surface area contributed by atoms with Crippen LogP contribution in [0.5, 0.6) is 5.75 Å². The van der Waals surface area contributed by atoms with Crippen LogP contribution < -0.4 is 4.74 Å². The average Bonchev–Trinajstić information content (AvgIpc) is 2.96. The van der Waals surface area contributed by atoms with E-state index in [1.807, 2.05) is 0 Å². The molecule has 0 atom stereocenters. The normalized spacial score (nSPS) is 10.6. The van der Waals surface area contributed by atoms with E-state index in [0.29, 0.717) is 5.75 Å². The summed E-state index contributed by atoms with van der Waals surface area (Å²) >= 11 is 0. The Morgan fingerprint density at radius 1 is 0.952 bits per heavy atom. The molecule has 0 saturated heterocycles. The van der Waals surface area contributed by atoms with E-state index in [-0.39, 0.29) is 29.8 Å². The molecule has 0 bridgehead atoms. The smallest absolute Gasteiger partial charge is 0.254 e. The highest BCUT2D eigenvalue weighted by atomic mass is 19.1. The van der Waals surface area contributed by atoms with E-state index in [1.54, 1.807) is 18.2 Å². The molecular formula is C15H10F2N2O2. The van der Waals surface area contributed by atoms with Crippen molar-refractivity contribution in [3.8, 4) is 17.2 Å². The van der Waals surface area contributed by atoms with Gasteiger partial charge in [-0.05, 0) is 36.4 Å². The van der Waals surface area contributed by atoms with Crippen molar-refractivity contribution in [3.63, 3.8) is 0 Å². The summed E-state index contributed by atoms with van der Waals surface area (Å²) in [7, 11) is 0. The Balaban J connectivity index is 1.71. The van der Waals surface area contributed by atoms with Crippen LogP contribution in [0.15, 0.2) is 52.9 Å². The number of hydrogen-bond donors (Lipinski definition) is 0. The Hall–Kier alpha value is -2.76. The van der Waals surface area contributed by atoms with Gasteiger partial charge < -0.3 is 9.15 Å². The summed E-state index contributed by atoms with van der Waals surface area (Å²) < 4.78 is 37.0. The van der Waals surface area contributed by atoms with Crippen molar-refractivity contribution in [1.29, 1.82) is 0 Å². The van der Waals surface area contributed by atoms with Crippen LogP contribution in [0.25, 0.3) is 11.5 Å². The number of ether oxygens (including phenoxy) is 1. The second kappa shape index (κ2) is 5.70. The first-order valence-corrected chi connectivity index (χ1v) is 6.18. The van der Waals surface area contributed by atoms with Crippen molar-refractivity contribution in [1.82, 2.24) is 10.2 Å². The van der Waals surface area contributed by atoms with Crippen molar-refractivity contribution in [3.05, 3.63) is 66.1 Å². The van der Waals surface area contributed by atoms with Crippen LogP contribution in [0, 0.1) is 11.6 Å². The Kier molecular flexibility index (Phi) is 3.59. The van der Waals surface area contributed by atoms with Crippen LogP contribution >= 0.6 is 0 Å². The molecule has 0 aliphatic rings. The first-order valence-electron chi connectivity index (χ1n) is 6.18. The van der Waals surface area contributed by atoms with Crippen LogP contribution in [0.3, 0.4) is 0 Å². The van der Waals surface area contributed by atoms with Gasteiger partial charge in [-0.15, -0.1) is 10.2 Å². The lowest BCUT2D eigenvalue weighted by atomic mass is 10.2. The van der Waals surface area contributed by atoms with Gasteiger partial charge in [0.15, 0.2) is 6.61 Å². The molecule has 2 aromatic carbocycles. The van der Waals surface area contributed by atoms with Gasteiger partial charge in [-0.3, -0.25) is 0 Å². The molecule has 0 radical (unpaired) electrons. The van der Waals surface area contributed by atoms with Crippen molar-refractivity contribution in [2.45, 2.75) is 6.61 Å². The van der Waals surface area contributed by atoms with Gasteiger partial charge in [-0.2, -0.15) is 0 Å². The van der Waals surface area contributed by atoms with Gasteiger partial charge in [0, 0.05) is 0 Å². The topological polar surface area (TPSA) is 48.2 Å². The summed E-state index contributed by atoms with van der Waals surface area (Å²) in [5.41, 5.74) is 0.234. The lowest BCUT2D eigenvalue weighted by Gasteiger charge is -2.02. The fourth-order valence-corrected chi connectivity index (χ4v) is 1.73. The first kappa shape index (κ1) is 13.2. The third kappa shape index (κ3) is 3.05. The van der Waals surface area contributed by atoms with Gasteiger partial charge >= 0.3 is 0 Å². The van der Waals surface area contributed by atoms with E-state index in [4.69, 9.17) is 9.15 Å². The molecule has 6 heteroatoms. The molecule has 0 fully saturated rings. The molecule has 21 heavy (non-hydrogen) atoms. The fourth-order valence-electron chi connectivity index (χ4n) is 1.73. The minimum Gasteiger partial charge on any atom is -0.484 e. The Bertz CT molecular complexity index is 741. The minimum absolute atomic E-state index is 0.0209. The molecule has 0 unspecified atom stereocenters. The minimum atomic E-state index is -0.438. The van der Waals surface area contributed by atoms with Gasteiger partial charge in [-0.1, -0.05) is 12.1 Å². The standard InChI is InChI=1S/C15H10F2N2O2/c16-10-5-7-11(8-6-10)20-9-14-18-19-15(21-14)12-3-1-2-4-13(12)17/h1-8H,9H2. The summed E-state index contributed by atoms with van der Waals surface area (Å²) in [4.78, 5) is 0. The molecule has 0 amide bonds. The van der Waals surface area contributed by atoms with Gasteiger partial charge in [-0.25, -0.2) is 8.78 Å². The lowest BCUT2D eigenvalue weighted by molar-refractivity contribution is 0.264. The van der Waals surface area contributed by atoms with Crippen molar-refractivity contribution < 1.29 is 17.9 Å². The van der Waals surface area contributed by atoms with Crippen LogP contribution in [0.1, 0.15) is 5.89 Å². The van der Waals surface area contributed by atoms with E-state index in [1.165, 1.54) is 30.3 Å². The maximum Gasteiger partial charge on any atom is 0.254 e. The zero-order chi connectivity index (χ0) is 14.7. The maximum atomic E-state index is 13.6. The maximum absolute atomic E-state index is 13.6. The number of aromatic nitrogens is 2. The first-order chi connectivity index (χ1) is 10.2. The summed E-state index contributed by atoms with van der Waals surface area (Å²) in [5, 5.41) is 7.56. The van der Waals surface area contributed by atoms with E-state index in [0.717, 1.165) is 0 Å². The van der Waals surface area contributed by atoms with Crippen LogP contribution in [-0.4, -0.2) is 10.2 Å². The quantitative estimate of drug-likeness (QED) is 0.736. The summed E-state index contributed by atoms with van der Waals surface area (Å²) in [6.45, 7) is 0.0209. The van der Waals surface area contributed by atoms with Crippen molar-refractivity contribution in [2.75, 3.05) is 0 Å². The average molecular weight is 288 g/mol.